The fraction of sp³-hybridized carbons (Fsp3) is 0.154. The van der Waals surface area contributed by atoms with Crippen LogP contribution in [0.3, 0.4) is 0 Å². The summed E-state index contributed by atoms with van der Waals surface area (Å²) < 4.78 is 18.0. The number of benzene rings is 1. The minimum absolute atomic E-state index is 0.122. The highest BCUT2D eigenvalue weighted by Crippen LogP contribution is 2.17. The van der Waals surface area contributed by atoms with Crippen molar-refractivity contribution in [1.29, 1.82) is 0 Å². The Bertz CT molecular complexity index is 531. The summed E-state index contributed by atoms with van der Waals surface area (Å²) in [5, 5.41) is 3.23. The SMILES string of the molecule is COc1ccc(NCc2ccc(F)c(Cl)c2)nc1. The quantitative estimate of drug-likeness (QED) is 0.920. The molecule has 2 aromatic rings. The summed E-state index contributed by atoms with van der Waals surface area (Å²) in [6.45, 7) is 0.527. The number of rotatable bonds is 4. The van der Waals surface area contributed by atoms with E-state index in [-0.39, 0.29) is 5.02 Å². The molecule has 1 N–H and O–H groups in total. The van der Waals surface area contributed by atoms with E-state index in [1.165, 1.54) is 6.07 Å². The van der Waals surface area contributed by atoms with Gasteiger partial charge in [-0.05, 0) is 29.8 Å². The third-order valence-corrected chi connectivity index (χ3v) is 2.72. The Hall–Kier alpha value is -1.81. The summed E-state index contributed by atoms with van der Waals surface area (Å²) in [7, 11) is 1.59. The summed E-state index contributed by atoms with van der Waals surface area (Å²) in [6.07, 6.45) is 1.62. The zero-order chi connectivity index (χ0) is 13.0. The van der Waals surface area contributed by atoms with Crippen LogP contribution < -0.4 is 10.1 Å². The average molecular weight is 267 g/mol. The van der Waals surface area contributed by atoms with Gasteiger partial charge >= 0.3 is 0 Å². The van der Waals surface area contributed by atoms with Crippen molar-refractivity contribution >= 4 is 17.4 Å². The highest BCUT2D eigenvalue weighted by molar-refractivity contribution is 6.30. The fourth-order valence-electron chi connectivity index (χ4n) is 1.45. The summed E-state index contributed by atoms with van der Waals surface area (Å²) >= 11 is 5.70. The first-order valence-electron chi connectivity index (χ1n) is 5.37. The molecule has 0 aliphatic carbocycles. The van der Waals surface area contributed by atoms with Crippen molar-refractivity contribution < 1.29 is 9.13 Å². The molecule has 0 aliphatic heterocycles. The van der Waals surface area contributed by atoms with Gasteiger partial charge in [-0.25, -0.2) is 9.37 Å². The normalized spacial score (nSPS) is 10.2. The molecule has 1 heterocycles. The van der Waals surface area contributed by atoms with Crippen LogP contribution in [0.1, 0.15) is 5.56 Å². The number of halogens is 2. The van der Waals surface area contributed by atoms with Gasteiger partial charge in [-0.15, -0.1) is 0 Å². The summed E-state index contributed by atoms with van der Waals surface area (Å²) in [5.74, 6) is 1.00. The number of nitrogens with one attached hydrogen (secondary N) is 1. The number of aromatic nitrogens is 1. The Labute approximate surface area is 110 Å². The predicted octanol–water partition coefficient (Wildman–Crippen LogP) is 3.49. The number of nitrogens with zero attached hydrogens (tertiary/aromatic N) is 1. The maximum Gasteiger partial charge on any atom is 0.141 e. The minimum atomic E-state index is -0.414. The molecule has 0 atom stereocenters. The van der Waals surface area contributed by atoms with Crippen LogP contribution in [0.5, 0.6) is 5.75 Å². The van der Waals surface area contributed by atoms with E-state index < -0.39 is 5.82 Å². The van der Waals surface area contributed by atoms with Gasteiger partial charge in [0, 0.05) is 6.54 Å². The maximum absolute atomic E-state index is 13.0. The lowest BCUT2D eigenvalue weighted by Gasteiger charge is -2.07. The van der Waals surface area contributed by atoms with E-state index in [0.717, 1.165) is 11.4 Å². The number of ether oxygens (including phenoxy) is 1. The van der Waals surface area contributed by atoms with Crippen molar-refractivity contribution in [3.63, 3.8) is 0 Å². The van der Waals surface area contributed by atoms with Crippen LogP contribution in [0, 0.1) is 5.82 Å². The lowest BCUT2D eigenvalue weighted by atomic mass is 10.2. The van der Waals surface area contributed by atoms with Gasteiger partial charge in [0.1, 0.15) is 17.4 Å². The van der Waals surface area contributed by atoms with E-state index in [1.807, 2.05) is 12.1 Å². The molecule has 0 saturated carbocycles. The number of hydrogen-bond acceptors (Lipinski definition) is 3. The van der Waals surface area contributed by atoms with E-state index in [9.17, 15) is 4.39 Å². The van der Waals surface area contributed by atoms with E-state index in [2.05, 4.69) is 10.3 Å². The van der Waals surface area contributed by atoms with Crippen LogP contribution in [-0.4, -0.2) is 12.1 Å². The predicted molar refractivity (Wildman–Crippen MR) is 69.5 cm³/mol. The van der Waals surface area contributed by atoms with Gasteiger partial charge in [0.25, 0.3) is 0 Å². The van der Waals surface area contributed by atoms with Gasteiger partial charge < -0.3 is 10.1 Å². The van der Waals surface area contributed by atoms with Crippen molar-refractivity contribution in [3.8, 4) is 5.75 Å². The largest absolute Gasteiger partial charge is 0.495 e. The first-order valence-corrected chi connectivity index (χ1v) is 5.74. The highest BCUT2D eigenvalue weighted by atomic mass is 35.5. The van der Waals surface area contributed by atoms with Gasteiger partial charge in [0.05, 0.1) is 18.3 Å². The highest BCUT2D eigenvalue weighted by Gasteiger charge is 2.01. The van der Waals surface area contributed by atoms with Gasteiger partial charge in [-0.1, -0.05) is 17.7 Å². The molecule has 0 amide bonds. The third kappa shape index (κ3) is 3.11. The minimum Gasteiger partial charge on any atom is -0.495 e. The second kappa shape index (κ2) is 5.69. The Morgan fingerprint density at radius 1 is 1.33 bits per heavy atom. The van der Waals surface area contributed by atoms with Crippen LogP contribution >= 0.6 is 11.6 Å². The number of pyridine rings is 1. The molecule has 1 aromatic carbocycles. The van der Waals surface area contributed by atoms with E-state index in [4.69, 9.17) is 16.3 Å². The molecule has 0 fully saturated rings. The first kappa shape index (κ1) is 12.6. The molecule has 0 unspecified atom stereocenters. The van der Waals surface area contributed by atoms with Gasteiger partial charge in [0.15, 0.2) is 0 Å². The smallest absolute Gasteiger partial charge is 0.141 e. The second-order valence-corrected chi connectivity index (χ2v) is 4.09. The zero-order valence-electron chi connectivity index (χ0n) is 9.78. The molecular weight excluding hydrogens is 255 g/mol. The monoisotopic (exact) mass is 266 g/mol. The molecule has 5 heteroatoms. The lowest BCUT2D eigenvalue weighted by Crippen LogP contribution is -2.01. The van der Waals surface area contributed by atoms with Crippen LogP contribution in [-0.2, 0) is 6.54 Å². The summed E-state index contributed by atoms with van der Waals surface area (Å²) in [6, 6.07) is 8.24. The Morgan fingerprint density at radius 2 is 2.17 bits per heavy atom. The maximum atomic E-state index is 13.0. The average Bonchev–Trinajstić information content (AvgIpc) is 2.41. The number of hydrogen-bond donors (Lipinski definition) is 1. The number of methoxy groups -OCH3 is 1. The molecule has 0 radical (unpaired) electrons. The van der Waals surface area contributed by atoms with Gasteiger partial charge in [0.2, 0.25) is 0 Å². The van der Waals surface area contributed by atoms with Crippen LogP contribution in [0.15, 0.2) is 36.5 Å². The standard InChI is InChI=1S/C13H12ClFN2O/c1-18-10-3-5-13(17-8-10)16-7-9-2-4-12(15)11(14)6-9/h2-6,8H,7H2,1H3,(H,16,17). The van der Waals surface area contributed by atoms with E-state index >= 15 is 0 Å². The molecule has 18 heavy (non-hydrogen) atoms. The second-order valence-electron chi connectivity index (χ2n) is 3.69. The first-order chi connectivity index (χ1) is 8.69. The topological polar surface area (TPSA) is 34.1 Å². The molecule has 1 aromatic heterocycles. The van der Waals surface area contributed by atoms with Crippen LogP contribution in [0.4, 0.5) is 10.2 Å². The summed E-state index contributed by atoms with van der Waals surface area (Å²) in [4.78, 5) is 4.16. The molecule has 2 rings (SSSR count). The van der Waals surface area contributed by atoms with Crippen molar-refractivity contribution in [2.24, 2.45) is 0 Å². The van der Waals surface area contributed by atoms with Gasteiger partial charge in [-0.3, -0.25) is 0 Å². The van der Waals surface area contributed by atoms with Crippen molar-refractivity contribution in [2.75, 3.05) is 12.4 Å². The Morgan fingerprint density at radius 3 is 2.78 bits per heavy atom. The molecule has 0 saturated heterocycles. The van der Waals surface area contributed by atoms with E-state index in [0.29, 0.717) is 12.3 Å². The molecular formula is C13H12ClFN2O. The fourth-order valence-corrected chi connectivity index (χ4v) is 1.65. The molecule has 3 nitrogen and oxygen atoms in total. The summed E-state index contributed by atoms with van der Waals surface area (Å²) in [5.41, 5.74) is 0.888. The molecule has 0 aliphatic rings. The Balaban J connectivity index is 1.99. The van der Waals surface area contributed by atoms with Crippen molar-refractivity contribution in [1.82, 2.24) is 4.98 Å². The van der Waals surface area contributed by atoms with Crippen molar-refractivity contribution in [3.05, 3.63) is 52.9 Å². The van der Waals surface area contributed by atoms with E-state index in [1.54, 1.807) is 25.4 Å². The molecule has 0 bridgehead atoms. The molecule has 0 spiro atoms. The number of anilines is 1. The van der Waals surface area contributed by atoms with Crippen molar-refractivity contribution in [2.45, 2.75) is 6.54 Å². The zero-order valence-corrected chi connectivity index (χ0v) is 10.5. The Kier molecular flexibility index (Phi) is 3.99. The van der Waals surface area contributed by atoms with Crippen LogP contribution in [0.2, 0.25) is 5.02 Å². The van der Waals surface area contributed by atoms with Crippen LogP contribution in [0.25, 0.3) is 0 Å². The molecule has 94 valence electrons. The van der Waals surface area contributed by atoms with Gasteiger partial charge in [-0.2, -0.15) is 0 Å². The lowest BCUT2D eigenvalue weighted by molar-refractivity contribution is 0.413. The third-order valence-electron chi connectivity index (χ3n) is 2.43.